The smallest absolute Gasteiger partial charge is 0.259 e. The third-order valence-corrected chi connectivity index (χ3v) is 6.58. The van der Waals surface area contributed by atoms with E-state index >= 15 is 0 Å². The summed E-state index contributed by atoms with van der Waals surface area (Å²) in [4.78, 5) is 18.8. The van der Waals surface area contributed by atoms with E-state index in [1.54, 1.807) is 30.6 Å². The summed E-state index contributed by atoms with van der Waals surface area (Å²) in [5.41, 5.74) is 7.95. The molecule has 1 fully saturated rings. The molecule has 2 aliphatic rings. The van der Waals surface area contributed by atoms with Gasteiger partial charge in [0, 0.05) is 18.9 Å². The van der Waals surface area contributed by atoms with Crippen LogP contribution in [0, 0.1) is 0 Å². The zero-order chi connectivity index (χ0) is 21.1. The van der Waals surface area contributed by atoms with Crippen LogP contribution in [-0.4, -0.2) is 49.2 Å². The van der Waals surface area contributed by atoms with Gasteiger partial charge in [-0.05, 0) is 48.6 Å². The van der Waals surface area contributed by atoms with Gasteiger partial charge in [-0.2, -0.15) is 0 Å². The lowest BCUT2D eigenvalue weighted by Gasteiger charge is -2.36. The van der Waals surface area contributed by atoms with Gasteiger partial charge < -0.3 is 15.4 Å². The topological polar surface area (TPSA) is 115 Å². The number of sulfonamides is 1. The van der Waals surface area contributed by atoms with E-state index in [0.29, 0.717) is 36.4 Å². The average Bonchev–Trinajstić information content (AvgIpc) is 2.72. The normalized spacial score (nSPS) is 20.2. The second-order valence-electron chi connectivity index (χ2n) is 7.57. The Morgan fingerprint density at radius 2 is 2.00 bits per heavy atom. The maximum absolute atomic E-state index is 12.9. The standard InChI is InChI=1S/C21H24N4O4S/c22-21-20-16(14-30(27,28)24-21)4-3-6-18(20)29-13-17-5-1-2-11-25(17)19(26)12-15-7-9-23-10-8-15/h3-4,6-10,17H,1-2,5,11-14H2,(H2,22,24)/t17-/m1/s1. The zero-order valence-electron chi connectivity index (χ0n) is 16.5. The Morgan fingerprint density at radius 3 is 2.80 bits per heavy atom. The van der Waals surface area contributed by atoms with Crippen LogP contribution in [0.25, 0.3) is 0 Å². The fourth-order valence-electron chi connectivity index (χ4n) is 4.00. The van der Waals surface area contributed by atoms with Gasteiger partial charge in [-0.15, -0.1) is 4.40 Å². The van der Waals surface area contributed by atoms with Crippen molar-refractivity contribution in [1.82, 2.24) is 9.88 Å². The molecule has 0 radical (unpaired) electrons. The number of benzene rings is 1. The fourth-order valence-corrected chi connectivity index (χ4v) is 5.09. The predicted molar refractivity (Wildman–Crippen MR) is 113 cm³/mol. The van der Waals surface area contributed by atoms with Crippen LogP contribution in [0.1, 0.15) is 36.0 Å². The molecule has 2 aromatic rings. The van der Waals surface area contributed by atoms with Crippen molar-refractivity contribution < 1.29 is 17.9 Å². The van der Waals surface area contributed by atoms with Crippen molar-refractivity contribution in [1.29, 1.82) is 0 Å². The second kappa shape index (κ2) is 8.43. The summed E-state index contributed by atoms with van der Waals surface area (Å²) in [5, 5.41) is 0. The molecule has 0 aliphatic carbocycles. The molecule has 2 aliphatic heterocycles. The Bertz CT molecular complexity index is 1070. The number of carbonyl (C=O) groups is 1. The third kappa shape index (κ3) is 4.46. The molecule has 0 unspecified atom stereocenters. The van der Waals surface area contributed by atoms with Gasteiger partial charge in [-0.25, -0.2) is 8.42 Å². The van der Waals surface area contributed by atoms with Crippen molar-refractivity contribution in [3.8, 4) is 5.75 Å². The molecule has 2 N–H and O–H groups in total. The van der Waals surface area contributed by atoms with E-state index in [0.717, 1.165) is 24.8 Å². The van der Waals surface area contributed by atoms with Crippen LogP contribution in [0.15, 0.2) is 47.1 Å². The molecule has 1 saturated heterocycles. The number of likely N-dealkylation sites (tertiary alicyclic amines) is 1. The first kappa shape index (κ1) is 20.3. The number of amides is 1. The fraction of sp³-hybridized carbons (Fsp3) is 0.381. The number of hydrogen-bond donors (Lipinski definition) is 1. The minimum atomic E-state index is -3.60. The van der Waals surface area contributed by atoms with Crippen LogP contribution in [0.4, 0.5) is 0 Å². The van der Waals surface area contributed by atoms with Crippen molar-refractivity contribution in [2.75, 3.05) is 13.2 Å². The zero-order valence-corrected chi connectivity index (χ0v) is 17.3. The molecule has 1 aromatic carbocycles. The van der Waals surface area contributed by atoms with Crippen LogP contribution in [-0.2, 0) is 27.0 Å². The van der Waals surface area contributed by atoms with E-state index in [2.05, 4.69) is 9.38 Å². The van der Waals surface area contributed by atoms with Gasteiger partial charge in [-0.1, -0.05) is 12.1 Å². The Hall–Kier alpha value is -2.94. The largest absolute Gasteiger partial charge is 0.491 e. The number of fused-ring (bicyclic) bond motifs is 1. The highest BCUT2D eigenvalue weighted by atomic mass is 32.2. The van der Waals surface area contributed by atoms with E-state index in [-0.39, 0.29) is 23.5 Å². The number of pyridine rings is 1. The molecule has 4 rings (SSSR count). The van der Waals surface area contributed by atoms with Gasteiger partial charge in [-0.3, -0.25) is 9.78 Å². The van der Waals surface area contributed by atoms with E-state index in [4.69, 9.17) is 10.5 Å². The summed E-state index contributed by atoms with van der Waals surface area (Å²) in [6, 6.07) is 8.86. The molecular weight excluding hydrogens is 404 g/mol. The van der Waals surface area contributed by atoms with E-state index in [9.17, 15) is 13.2 Å². The van der Waals surface area contributed by atoms with Gasteiger partial charge in [0.2, 0.25) is 5.91 Å². The molecule has 1 atom stereocenters. The van der Waals surface area contributed by atoms with Crippen molar-refractivity contribution in [3.63, 3.8) is 0 Å². The van der Waals surface area contributed by atoms with E-state index in [1.165, 1.54) is 0 Å². The van der Waals surface area contributed by atoms with Crippen LogP contribution in [0.5, 0.6) is 5.75 Å². The monoisotopic (exact) mass is 428 g/mol. The number of nitrogens with two attached hydrogens (primary N) is 1. The number of piperidine rings is 1. The molecule has 0 spiro atoms. The van der Waals surface area contributed by atoms with Crippen molar-refractivity contribution in [2.45, 2.75) is 37.5 Å². The number of carbonyl (C=O) groups excluding carboxylic acids is 1. The van der Waals surface area contributed by atoms with Crippen LogP contribution < -0.4 is 10.5 Å². The molecule has 158 valence electrons. The predicted octanol–water partition coefficient (Wildman–Crippen LogP) is 1.63. The Labute approximate surface area is 175 Å². The summed E-state index contributed by atoms with van der Waals surface area (Å²) in [7, 11) is -3.60. The van der Waals surface area contributed by atoms with Gasteiger partial charge in [0.15, 0.2) is 0 Å². The number of amidine groups is 1. The third-order valence-electron chi connectivity index (χ3n) is 5.43. The number of hydrogen-bond acceptors (Lipinski definition) is 6. The number of rotatable bonds is 5. The highest BCUT2D eigenvalue weighted by Gasteiger charge is 2.29. The highest BCUT2D eigenvalue weighted by molar-refractivity contribution is 7.89. The molecule has 0 bridgehead atoms. The summed E-state index contributed by atoms with van der Waals surface area (Å²) in [6.45, 7) is 1.02. The maximum Gasteiger partial charge on any atom is 0.259 e. The number of ether oxygens (including phenoxy) is 1. The summed E-state index contributed by atoms with van der Waals surface area (Å²) < 4.78 is 33.4. The van der Waals surface area contributed by atoms with Crippen molar-refractivity contribution >= 4 is 21.8 Å². The molecule has 3 heterocycles. The first-order chi connectivity index (χ1) is 14.4. The summed E-state index contributed by atoms with van der Waals surface area (Å²) in [5.74, 6) is 0.314. The number of nitrogens with zero attached hydrogens (tertiary/aromatic N) is 3. The average molecular weight is 429 g/mol. The van der Waals surface area contributed by atoms with E-state index in [1.807, 2.05) is 17.0 Å². The van der Waals surface area contributed by atoms with Gasteiger partial charge in [0.05, 0.1) is 23.8 Å². The van der Waals surface area contributed by atoms with E-state index < -0.39 is 10.0 Å². The van der Waals surface area contributed by atoms with Gasteiger partial charge in [0.25, 0.3) is 10.0 Å². The minimum absolute atomic E-state index is 0.0468. The number of aromatic nitrogens is 1. The molecule has 9 heteroatoms. The molecule has 30 heavy (non-hydrogen) atoms. The Morgan fingerprint density at radius 1 is 1.20 bits per heavy atom. The molecule has 1 amide bonds. The maximum atomic E-state index is 12.9. The SMILES string of the molecule is NC1=NS(=O)(=O)Cc2cccc(OC[C@H]3CCCCN3C(=O)Cc3ccncc3)c21. The lowest BCUT2D eigenvalue weighted by Crippen LogP contribution is -2.47. The Kier molecular flexibility index (Phi) is 5.72. The van der Waals surface area contributed by atoms with Crippen molar-refractivity contribution in [2.24, 2.45) is 10.1 Å². The van der Waals surface area contributed by atoms with Gasteiger partial charge >= 0.3 is 0 Å². The van der Waals surface area contributed by atoms with Crippen LogP contribution >= 0.6 is 0 Å². The first-order valence-corrected chi connectivity index (χ1v) is 11.6. The van der Waals surface area contributed by atoms with Gasteiger partial charge in [0.1, 0.15) is 18.2 Å². The minimum Gasteiger partial charge on any atom is -0.491 e. The summed E-state index contributed by atoms with van der Waals surface area (Å²) in [6.07, 6.45) is 6.55. The Balaban J connectivity index is 1.48. The molecule has 1 aromatic heterocycles. The highest BCUT2D eigenvalue weighted by Crippen LogP contribution is 2.29. The molecule has 8 nitrogen and oxygen atoms in total. The molecular formula is C21H24N4O4S. The summed E-state index contributed by atoms with van der Waals surface area (Å²) >= 11 is 0. The first-order valence-electron chi connectivity index (χ1n) is 9.94. The second-order valence-corrected chi connectivity index (χ2v) is 9.21. The van der Waals surface area contributed by atoms with Crippen LogP contribution in [0.2, 0.25) is 0 Å². The lowest BCUT2D eigenvalue weighted by molar-refractivity contribution is -0.134. The van der Waals surface area contributed by atoms with Crippen LogP contribution in [0.3, 0.4) is 0 Å². The molecule has 0 saturated carbocycles. The quantitative estimate of drug-likeness (QED) is 0.774. The van der Waals surface area contributed by atoms with Crippen molar-refractivity contribution in [3.05, 3.63) is 59.4 Å². The lowest BCUT2D eigenvalue weighted by atomic mass is 10.0.